The van der Waals surface area contributed by atoms with Crippen molar-refractivity contribution >= 4 is 5.91 Å². The first-order valence-electron chi connectivity index (χ1n) is 7.13. The van der Waals surface area contributed by atoms with Crippen molar-refractivity contribution in [3.05, 3.63) is 65.5 Å². The molecule has 20 heavy (non-hydrogen) atoms. The van der Waals surface area contributed by atoms with Crippen molar-refractivity contribution in [3.63, 3.8) is 0 Å². The maximum absolute atomic E-state index is 11.7. The molecule has 3 heteroatoms. The van der Waals surface area contributed by atoms with Crippen LogP contribution in [0.5, 0.6) is 0 Å². The molecule has 0 saturated carbocycles. The fraction of sp³-hybridized carbons (Fsp3) is 0.294. The quantitative estimate of drug-likeness (QED) is 0.860. The van der Waals surface area contributed by atoms with Crippen LogP contribution in [0.3, 0.4) is 0 Å². The molecule has 0 bridgehead atoms. The second-order valence-corrected chi connectivity index (χ2v) is 5.63. The Kier molecular flexibility index (Phi) is 2.59. The van der Waals surface area contributed by atoms with Crippen LogP contribution < -0.4 is 5.32 Å². The molecule has 1 saturated heterocycles. The number of nitrogens with one attached hydrogen (secondary N) is 1. The summed E-state index contributed by atoms with van der Waals surface area (Å²) in [6.07, 6.45) is 5.30. The van der Waals surface area contributed by atoms with Gasteiger partial charge in [0, 0.05) is 24.7 Å². The van der Waals surface area contributed by atoms with Crippen LogP contribution >= 0.6 is 0 Å². The van der Waals surface area contributed by atoms with E-state index in [0.717, 1.165) is 6.42 Å². The second-order valence-electron chi connectivity index (χ2n) is 5.63. The first-order chi connectivity index (χ1) is 9.84. The molecule has 4 rings (SSSR count). The van der Waals surface area contributed by atoms with Gasteiger partial charge in [0.05, 0.1) is 6.04 Å². The van der Waals surface area contributed by atoms with Crippen LogP contribution in [0.15, 0.2) is 48.8 Å². The fourth-order valence-corrected chi connectivity index (χ4v) is 3.79. The third kappa shape index (κ3) is 1.66. The number of fused-ring (bicyclic) bond motifs is 3. The van der Waals surface area contributed by atoms with Gasteiger partial charge in [0.2, 0.25) is 5.91 Å². The van der Waals surface area contributed by atoms with E-state index in [1.165, 1.54) is 16.7 Å². The van der Waals surface area contributed by atoms with Gasteiger partial charge in [0.1, 0.15) is 0 Å². The summed E-state index contributed by atoms with van der Waals surface area (Å²) in [4.78, 5) is 15.9. The summed E-state index contributed by atoms with van der Waals surface area (Å²) in [5.74, 6) is 1.02. The van der Waals surface area contributed by atoms with E-state index in [1.807, 2.05) is 12.4 Å². The molecule has 1 aromatic carbocycles. The van der Waals surface area contributed by atoms with Crippen LogP contribution in [0.4, 0.5) is 0 Å². The molecule has 1 amide bonds. The van der Waals surface area contributed by atoms with E-state index in [1.54, 1.807) is 0 Å². The molecule has 0 unspecified atom stereocenters. The lowest BCUT2D eigenvalue weighted by atomic mass is 9.81. The van der Waals surface area contributed by atoms with E-state index < -0.39 is 0 Å². The SMILES string of the molecule is O=C1CC[C@H]2[C@@H](c3ccncc3)c3ccccc3[C@H]2N1. The largest absolute Gasteiger partial charge is 0.349 e. The molecule has 1 aliphatic carbocycles. The molecule has 0 radical (unpaired) electrons. The zero-order chi connectivity index (χ0) is 13.5. The summed E-state index contributed by atoms with van der Waals surface area (Å²) in [5, 5.41) is 3.18. The summed E-state index contributed by atoms with van der Waals surface area (Å²) in [7, 11) is 0. The maximum Gasteiger partial charge on any atom is 0.220 e. The van der Waals surface area contributed by atoms with Gasteiger partial charge in [-0.3, -0.25) is 9.78 Å². The highest BCUT2D eigenvalue weighted by molar-refractivity contribution is 5.78. The van der Waals surface area contributed by atoms with Crippen molar-refractivity contribution in [3.8, 4) is 0 Å². The van der Waals surface area contributed by atoms with E-state index in [-0.39, 0.29) is 11.9 Å². The molecule has 1 N–H and O–H groups in total. The first-order valence-corrected chi connectivity index (χ1v) is 7.13. The van der Waals surface area contributed by atoms with Crippen LogP contribution in [-0.2, 0) is 4.79 Å². The number of hydrogen-bond acceptors (Lipinski definition) is 2. The fourth-order valence-electron chi connectivity index (χ4n) is 3.79. The second kappa shape index (κ2) is 4.44. The number of rotatable bonds is 1. The Morgan fingerprint density at radius 3 is 2.60 bits per heavy atom. The van der Waals surface area contributed by atoms with Gasteiger partial charge in [0.25, 0.3) is 0 Å². The summed E-state index contributed by atoms with van der Waals surface area (Å²) in [5.41, 5.74) is 3.94. The number of benzene rings is 1. The highest BCUT2D eigenvalue weighted by atomic mass is 16.1. The van der Waals surface area contributed by atoms with Gasteiger partial charge < -0.3 is 5.32 Å². The van der Waals surface area contributed by atoms with E-state index in [0.29, 0.717) is 18.3 Å². The Balaban J connectivity index is 1.85. The van der Waals surface area contributed by atoms with E-state index in [2.05, 4.69) is 46.7 Å². The Labute approximate surface area is 118 Å². The Morgan fingerprint density at radius 1 is 1.05 bits per heavy atom. The minimum Gasteiger partial charge on any atom is -0.349 e. The van der Waals surface area contributed by atoms with Crippen LogP contribution in [-0.4, -0.2) is 10.9 Å². The number of aromatic nitrogens is 1. The monoisotopic (exact) mass is 264 g/mol. The molecule has 100 valence electrons. The third-order valence-corrected chi connectivity index (χ3v) is 4.61. The molecule has 1 aromatic heterocycles. The highest BCUT2D eigenvalue weighted by Gasteiger charge is 2.43. The number of pyridine rings is 1. The van der Waals surface area contributed by atoms with Gasteiger partial charge >= 0.3 is 0 Å². The predicted molar refractivity (Wildman–Crippen MR) is 76.1 cm³/mol. The summed E-state index contributed by atoms with van der Waals surface area (Å²) in [6.45, 7) is 0. The standard InChI is InChI=1S/C17H16N2O/c20-15-6-5-14-16(11-7-9-18-10-8-11)12-3-1-2-4-13(12)17(14)19-15/h1-4,7-10,14,16-17H,5-6H2,(H,19,20)/t14-,16-,17+/m0/s1. The van der Waals surface area contributed by atoms with E-state index >= 15 is 0 Å². The summed E-state index contributed by atoms with van der Waals surface area (Å²) < 4.78 is 0. The van der Waals surface area contributed by atoms with Crippen LogP contribution in [0, 0.1) is 5.92 Å². The molecule has 2 aliphatic rings. The van der Waals surface area contributed by atoms with Gasteiger partial charge in [-0.25, -0.2) is 0 Å². The van der Waals surface area contributed by atoms with Crippen molar-refractivity contribution in [2.75, 3.05) is 0 Å². The topological polar surface area (TPSA) is 42.0 Å². The lowest BCUT2D eigenvalue weighted by molar-refractivity contribution is -0.124. The van der Waals surface area contributed by atoms with E-state index in [4.69, 9.17) is 0 Å². The molecule has 1 aliphatic heterocycles. The Hall–Kier alpha value is -2.16. The van der Waals surface area contributed by atoms with Gasteiger partial charge in [-0.1, -0.05) is 24.3 Å². The average Bonchev–Trinajstić information content (AvgIpc) is 2.82. The minimum atomic E-state index is 0.172. The molecular weight excluding hydrogens is 248 g/mol. The van der Waals surface area contributed by atoms with Crippen LogP contribution in [0.25, 0.3) is 0 Å². The van der Waals surface area contributed by atoms with Gasteiger partial charge in [-0.05, 0) is 41.2 Å². The van der Waals surface area contributed by atoms with Crippen molar-refractivity contribution in [1.82, 2.24) is 10.3 Å². The third-order valence-electron chi connectivity index (χ3n) is 4.61. The average molecular weight is 264 g/mol. The summed E-state index contributed by atoms with van der Waals surface area (Å²) >= 11 is 0. The Bertz CT molecular complexity index is 653. The van der Waals surface area contributed by atoms with Gasteiger partial charge in [0.15, 0.2) is 0 Å². The summed E-state index contributed by atoms with van der Waals surface area (Å²) in [6, 6.07) is 12.9. The normalized spacial score (nSPS) is 27.6. The van der Waals surface area contributed by atoms with Gasteiger partial charge in [-0.15, -0.1) is 0 Å². The lowest BCUT2D eigenvalue weighted by Gasteiger charge is -2.30. The smallest absolute Gasteiger partial charge is 0.220 e. The molecule has 0 spiro atoms. The number of carbonyl (C=O) groups is 1. The Morgan fingerprint density at radius 2 is 1.80 bits per heavy atom. The first kappa shape index (κ1) is 11.6. The minimum absolute atomic E-state index is 0.172. The van der Waals surface area contributed by atoms with Crippen molar-refractivity contribution in [1.29, 1.82) is 0 Å². The van der Waals surface area contributed by atoms with Crippen LogP contribution in [0.1, 0.15) is 41.5 Å². The predicted octanol–water partition coefficient (Wildman–Crippen LogP) is 2.79. The zero-order valence-corrected chi connectivity index (χ0v) is 11.1. The van der Waals surface area contributed by atoms with Gasteiger partial charge in [-0.2, -0.15) is 0 Å². The molecule has 3 nitrogen and oxygen atoms in total. The molecule has 1 fully saturated rings. The lowest BCUT2D eigenvalue weighted by Crippen LogP contribution is -2.37. The number of amides is 1. The molecule has 2 heterocycles. The number of piperidine rings is 1. The maximum atomic E-state index is 11.7. The van der Waals surface area contributed by atoms with Crippen molar-refractivity contribution < 1.29 is 4.79 Å². The van der Waals surface area contributed by atoms with Crippen molar-refractivity contribution in [2.45, 2.75) is 24.8 Å². The highest BCUT2D eigenvalue weighted by Crippen LogP contribution is 2.51. The van der Waals surface area contributed by atoms with Crippen molar-refractivity contribution in [2.24, 2.45) is 5.92 Å². The number of hydrogen-bond donors (Lipinski definition) is 1. The van der Waals surface area contributed by atoms with E-state index in [9.17, 15) is 4.79 Å². The zero-order valence-electron chi connectivity index (χ0n) is 11.1. The number of nitrogens with zero attached hydrogens (tertiary/aromatic N) is 1. The molecule has 2 aromatic rings. The van der Waals surface area contributed by atoms with Crippen LogP contribution in [0.2, 0.25) is 0 Å². The molecular formula is C17H16N2O. The molecule has 3 atom stereocenters. The number of carbonyl (C=O) groups excluding carboxylic acids is 1.